The van der Waals surface area contributed by atoms with Gasteiger partial charge in [0.15, 0.2) is 0 Å². The fraction of sp³-hybridized carbons (Fsp3) is 0.188. The third-order valence-electron chi connectivity index (χ3n) is 3.72. The van der Waals surface area contributed by atoms with Crippen molar-refractivity contribution in [3.05, 3.63) is 50.3 Å². The highest BCUT2D eigenvalue weighted by Gasteiger charge is 2.21. The zero-order chi connectivity index (χ0) is 16.7. The maximum Gasteiger partial charge on any atom is 0.326 e. The van der Waals surface area contributed by atoms with Gasteiger partial charge in [-0.3, -0.25) is 9.36 Å². The number of benzene rings is 1. The van der Waals surface area contributed by atoms with E-state index in [9.17, 15) is 9.59 Å². The average Bonchev–Trinajstić information content (AvgIpc) is 2.85. The van der Waals surface area contributed by atoms with Crippen molar-refractivity contribution in [1.29, 1.82) is 0 Å². The van der Waals surface area contributed by atoms with Gasteiger partial charge in [0.1, 0.15) is 10.9 Å². The monoisotopic (exact) mass is 392 g/mol. The van der Waals surface area contributed by atoms with Crippen molar-refractivity contribution in [2.24, 2.45) is 0 Å². The molecule has 5 nitrogen and oxygen atoms in total. The molecule has 0 saturated carbocycles. The van der Waals surface area contributed by atoms with E-state index in [0.29, 0.717) is 10.2 Å². The van der Waals surface area contributed by atoms with Crippen molar-refractivity contribution in [2.45, 2.75) is 19.9 Å². The quantitative estimate of drug-likeness (QED) is 0.734. The van der Waals surface area contributed by atoms with Crippen molar-refractivity contribution < 1.29 is 9.90 Å². The van der Waals surface area contributed by atoms with Gasteiger partial charge in [0.05, 0.1) is 11.7 Å². The van der Waals surface area contributed by atoms with Gasteiger partial charge in [-0.05, 0) is 31.5 Å². The number of carbonyl (C=O) groups is 1. The molecule has 2 aromatic heterocycles. The minimum absolute atomic E-state index is 0.327. The molecule has 2 heterocycles. The van der Waals surface area contributed by atoms with Crippen LogP contribution in [0.3, 0.4) is 0 Å². The Morgan fingerprint density at radius 2 is 2.00 bits per heavy atom. The van der Waals surface area contributed by atoms with Crippen molar-refractivity contribution in [2.75, 3.05) is 0 Å². The molecule has 1 N–H and O–H groups in total. The number of thiophene rings is 1. The molecular weight excluding hydrogens is 380 g/mol. The molecule has 3 rings (SSSR count). The predicted octanol–water partition coefficient (Wildman–Crippen LogP) is 3.84. The van der Waals surface area contributed by atoms with Gasteiger partial charge < -0.3 is 5.11 Å². The van der Waals surface area contributed by atoms with Crippen LogP contribution in [0.25, 0.3) is 21.3 Å². The standard InChI is InChI=1S/C16H13BrN2O3S/c1-8(16(21)22)19-7-18-14-13(15(19)20)12(9(2)23-14)10-3-5-11(17)6-4-10/h3-8H,1-2H3,(H,21,22)/t8-/m1/s1. The molecule has 0 aliphatic carbocycles. The second-order valence-corrected chi connectivity index (χ2v) is 7.31. The number of aryl methyl sites for hydroxylation is 1. The van der Waals surface area contributed by atoms with Crippen LogP contribution in [0.2, 0.25) is 0 Å². The van der Waals surface area contributed by atoms with Crippen LogP contribution in [0.4, 0.5) is 0 Å². The van der Waals surface area contributed by atoms with Gasteiger partial charge in [-0.2, -0.15) is 0 Å². The summed E-state index contributed by atoms with van der Waals surface area (Å²) >= 11 is 4.83. The van der Waals surface area contributed by atoms with Crippen LogP contribution < -0.4 is 5.56 Å². The van der Waals surface area contributed by atoms with Gasteiger partial charge in [0, 0.05) is 14.9 Å². The van der Waals surface area contributed by atoms with Gasteiger partial charge in [-0.1, -0.05) is 28.1 Å². The lowest BCUT2D eigenvalue weighted by atomic mass is 10.0. The predicted molar refractivity (Wildman–Crippen MR) is 94.1 cm³/mol. The number of aliphatic carboxylic acids is 1. The lowest BCUT2D eigenvalue weighted by Gasteiger charge is -2.10. The number of hydrogen-bond acceptors (Lipinski definition) is 4. The van der Waals surface area contributed by atoms with Gasteiger partial charge in [-0.25, -0.2) is 9.78 Å². The zero-order valence-electron chi connectivity index (χ0n) is 12.4. The minimum Gasteiger partial charge on any atom is -0.480 e. The van der Waals surface area contributed by atoms with Crippen molar-refractivity contribution >= 4 is 43.5 Å². The second-order valence-electron chi connectivity index (χ2n) is 5.19. The summed E-state index contributed by atoms with van der Waals surface area (Å²) < 4.78 is 2.12. The number of carboxylic acids is 1. The minimum atomic E-state index is -1.06. The highest BCUT2D eigenvalue weighted by atomic mass is 79.9. The molecule has 1 aromatic carbocycles. The lowest BCUT2D eigenvalue weighted by molar-refractivity contribution is -0.140. The van der Waals surface area contributed by atoms with Gasteiger partial charge >= 0.3 is 5.97 Å². The summed E-state index contributed by atoms with van der Waals surface area (Å²) in [6, 6.07) is 6.71. The average molecular weight is 393 g/mol. The molecule has 0 aliphatic rings. The van der Waals surface area contributed by atoms with Crippen molar-refractivity contribution in [3.8, 4) is 11.1 Å². The van der Waals surface area contributed by atoms with Crippen molar-refractivity contribution in [3.63, 3.8) is 0 Å². The van der Waals surface area contributed by atoms with Gasteiger partial charge in [0.2, 0.25) is 0 Å². The maximum absolute atomic E-state index is 12.8. The van der Waals surface area contributed by atoms with Crippen LogP contribution in [-0.4, -0.2) is 20.6 Å². The van der Waals surface area contributed by atoms with E-state index in [1.165, 1.54) is 29.2 Å². The Bertz CT molecular complexity index is 960. The number of rotatable bonds is 3. The smallest absolute Gasteiger partial charge is 0.326 e. The molecule has 0 aliphatic heterocycles. The van der Waals surface area contributed by atoms with Crippen LogP contribution in [0.5, 0.6) is 0 Å². The summed E-state index contributed by atoms with van der Waals surface area (Å²) in [5.74, 6) is -1.06. The molecule has 0 fully saturated rings. The Kier molecular flexibility index (Phi) is 4.08. The molecule has 23 heavy (non-hydrogen) atoms. The van der Waals surface area contributed by atoms with E-state index in [1.54, 1.807) is 0 Å². The summed E-state index contributed by atoms with van der Waals surface area (Å²) in [5.41, 5.74) is 1.41. The number of aromatic nitrogens is 2. The Morgan fingerprint density at radius 3 is 2.61 bits per heavy atom. The lowest BCUT2D eigenvalue weighted by Crippen LogP contribution is -2.28. The van der Waals surface area contributed by atoms with E-state index in [0.717, 1.165) is 20.5 Å². The number of halogens is 1. The Morgan fingerprint density at radius 1 is 1.35 bits per heavy atom. The highest BCUT2D eigenvalue weighted by molar-refractivity contribution is 9.10. The summed E-state index contributed by atoms with van der Waals surface area (Å²) in [4.78, 5) is 29.9. The number of nitrogens with zero attached hydrogens (tertiary/aromatic N) is 2. The largest absolute Gasteiger partial charge is 0.480 e. The summed E-state index contributed by atoms with van der Waals surface area (Å²) in [6.45, 7) is 3.41. The molecule has 0 saturated heterocycles. The summed E-state index contributed by atoms with van der Waals surface area (Å²) in [5, 5.41) is 9.64. The first kappa shape index (κ1) is 15.9. The normalized spacial score (nSPS) is 12.5. The highest BCUT2D eigenvalue weighted by Crippen LogP contribution is 2.36. The fourth-order valence-electron chi connectivity index (χ4n) is 2.47. The molecule has 0 amide bonds. The molecule has 7 heteroatoms. The van der Waals surface area contributed by atoms with E-state index in [4.69, 9.17) is 5.11 Å². The maximum atomic E-state index is 12.8. The first-order valence-electron chi connectivity index (χ1n) is 6.89. The van der Waals surface area contributed by atoms with Crippen LogP contribution in [0.1, 0.15) is 17.8 Å². The first-order chi connectivity index (χ1) is 10.9. The molecule has 0 spiro atoms. The first-order valence-corrected chi connectivity index (χ1v) is 8.50. The van der Waals surface area contributed by atoms with Crippen LogP contribution in [0.15, 0.2) is 39.9 Å². The molecule has 0 bridgehead atoms. The Hall–Kier alpha value is -1.99. The third kappa shape index (κ3) is 2.70. The van der Waals surface area contributed by atoms with Gasteiger partial charge in [-0.15, -0.1) is 11.3 Å². The molecule has 3 aromatic rings. The van der Waals surface area contributed by atoms with Crippen LogP contribution in [0, 0.1) is 6.92 Å². The molecular formula is C16H13BrN2O3S. The van der Waals surface area contributed by atoms with Gasteiger partial charge in [0.25, 0.3) is 5.56 Å². The van der Waals surface area contributed by atoms with E-state index in [1.807, 2.05) is 31.2 Å². The fourth-order valence-corrected chi connectivity index (χ4v) is 3.74. The molecule has 1 atom stereocenters. The second kappa shape index (κ2) is 5.90. The SMILES string of the molecule is Cc1sc2ncn([C@H](C)C(=O)O)c(=O)c2c1-c1ccc(Br)cc1. The van der Waals surface area contributed by atoms with E-state index < -0.39 is 12.0 Å². The topological polar surface area (TPSA) is 72.2 Å². The summed E-state index contributed by atoms with van der Waals surface area (Å²) in [6.07, 6.45) is 1.31. The van der Waals surface area contributed by atoms with Crippen LogP contribution in [-0.2, 0) is 4.79 Å². The number of carboxylic acid groups (broad SMARTS) is 1. The Balaban J connectivity index is 2.32. The zero-order valence-corrected chi connectivity index (χ0v) is 14.8. The third-order valence-corrected chi connectivity index (χ3v) is 5.26. The van der Waals surface area contributed by atoms with E-state index in [2.05, 4.69) is 20.9 Å². The summed E-state index contributed by atoms with van der Waals surface area (Å²) in [7, 11) is 0. The van der Waals surface area contributed by atoms with Crippen molar-refractivity contribution in [1.82, 2.24) is 9.55 Å². The van der Waals surface area contributed by atoms with E-state index >= 15 is 0 Å². The van der Waals surface area contributed by atoms with E-state index in [-0.39, 0.29) is 5.56 Å². The molecule has 0 unspecified atom stereocenters. The molecule has 0 radical (unpaired) electrons. The number of hydrogen-bond donors (Lipinski definition) is 1. The Labute approximate surface area is 144 Å². The van der Waals surface area contributed by atoms with Crippen LogP contribution >= 0.6 is 27.3 Å². The number of fused-ring (bicyclic) bond motifs is 1. The molecule has 118 valence electrons.